The molecule has 4 rings (SSSR count). The number of methoxy groups -OCH3 is 1. The van der Waals surface area contributed by atoms with Gasteiger partial charge in [-0.15, -0.1) is 21.5 Å². The van der Waals surface area contributed by atoms with Crippen LogP contribution in [0.1, 0.15) is 5.01 Å². The van der Waals surface area contributed by atoms with Crippen LogP contribution in [0.2, 0.25) is 0 Å². The molecule has 2 heterocycles. The predicted molar refractivity (Wildman–Crippen MR) is 97.1 cm³/mol. The Morgan fingerprint density at radius 2 is 1.96 bits per heavy atom. The summed E-state index contributed by atoms with van der Waals surface area (Å²) in [5.74, 6) is 1.60. The Bertz CT molecular complexity index is 929. The lowest BCUT2D eigenvalue weighted by atomic mass is 10.3. The lowest BCUT2D eigenvalue weighted by molar-refractivity contribution is 0.414. The minimum atomic E-state index is 0.772. The van der Waals surface area contributed by atoms with Gasteiger partial charge in [-0.1, -0.05) is 23.9 Å². The predicted octanol–water partition coefficient (Wildman–Crippen LogP) is 4.18. The maximum absolute atomic E-state index is 5.20. The van der Waals surface area contributed by atoms with Gasteiger partial charge in [-0.2, -0.15) is 0 Å². The third-order valence-corrected chi connectivity index (χ3v) is 5.70. The molecule has 7 heteroatoms. The fourth-order valence-electron chi connectivity index (χ4n) is 2.35. The SMILES string of the molecule is COc1ccc(-n2cnnc2SCc2nc3ccccc3s2)cc1. The number of thioether (sulfide) groups is 1. The largest absolute Gasteiger partial charge is 0.497 e. The van der Waals surface area contributed by atoms with Crippen molar-refractivity contribution >= 4 is 33.3 Å². The van der Waals surface area contributed by atoms with E-state index in [1.807, 2.05) is 47.0 Å². The first kappa shape index (κ1) is 15.2. The van der Waals surface area contributed by atoms with Crippen LogP contribution >= 0.6 is 23.1 Å². The Labute approximate surface area is 147 Å². The number of ether oxygens (including phenoxy) is 1. The summed E-state index contributed by atoms with van der Waals surface area (Å²) in [4.78, 5) is 4.66. The van der Waals surface area contributed by atoms with Crippen molar-refractivity contribution < 1.29 is 4.74 Å². The molecule has 0 saturated heterocycles. The van der Waals surface area contributed by atoms with E-state index in [0.717, 1.165) is 32.9 Å². The molecule has 0 spiro atoms. The smallest absolute Gasteiger partial charge is 0.196 e. The maximum atomic E-state index is 5.20. The molecule has 0 radical (unpaired) electrons. The summed E-state index contributed by atoms with van der Waals surface area (Å²) in [6.45, 7) is 0. The lowest BCUT2D eigenvalue weighted by Gasteiger charge is -2.06. The van der Waals surface area contributed by atoms with Crippen molar-refractivity contribution in [3.8, 4) is 11.4 Å². The van der Waals surface area contributed by atoms with Crippen LogP contribution in [0.25, 0.3) is 15.9 Å². The number of hydrogen-bond donors (Lipinski definition) is 0. The fourth-order valence-corrected chi connectivity index (χ4v) is 4.24. The first-order valence-electron chi connectivity index (χ1n) is 7.35. The van der Waals surface area contributed by atoms with Gasteiger partial charge in [0.15, 0.2) is 5.16 Å². The number of thiazole rings is 1. The molecular formula is C17H14N4OS2. The van der Waals surface area contributed by atoms with Crippen LogP contribution in [0.3, 0.4) is 0 Å². The first-order chi connectivity index (χ1) is 11.8. The first-order valence-corrected chi connectivity index (χ1v) is 9.15. The summed E-state index contributed by atoms with van der Waals surface area (Å²) in [7, 11) is 1.66. The fraction of sp³-hybridized carbons (Fsp3) is 0.118. The molecule has 0 atom stereocenters. The zero-order valence-corrected chi connectivity index (χ0v) is 14.5. The molecule has 120 valence electrons. The van der Waals surface area contributed by atoms with Gasteiger partial charge in [-0.3, -0.25) is 4.57 Å². The minimum absolute atomic E-state index is 0.772. The van der Waals surface area contributed by atoms with E-state index in [2.05, 4.69) is 21.2 Å². The Morgan fingerprint density at radius 1 is 1.12 bits per heavy atom. The third-order valence-electron chi connectivity index (χ3n) is 3.53. The van der Waals surface area contributed by atoms with Crippen molar-refractivity contribution in [1.29, 1.82) is 0 Å². The van der Waals surface area contributed by atoms with E-state index in [1.165, 1.54) is 4.70 Å². The molecule has 0 bridgehead atoms. The minimum Gasteiger partial charge on any atom is -0.497 e. The topological polar surface area (TPSA) is 52.8 Å². The van der Waals surface area contributed by atoms with Gasteiger partial charge in [0.05, 0.1) is 23.1 Å². The average molecular weight is 354 g/mol. The van der Waals surface area contributed by atoms with Crippen LogP contribution < -0.4 is 4.74 Å². The Hall–Kier alpha value is -2.38. The quantitative estimate of drug-likeness (QED) is 0.503. The second-order valence-corrected chi connectivity index (χ2v) is 7.10. The van der Waals surface area contributed by atoms with E-state index in [4.69, 9.17) is 4.74 Å². The third kappa shape index (κ3) is 3.00. The van der Waals surface area contributed by atoms with E-state index in [9.17, 15) is 0 Å². The maximum Gasteiger partial charge on any atom is 0.196 e. The van der Waals surface area contributed by atoms with E-state index in [-0.39, 0.29) is 0 Å². The summed E-state index contributed by atoms with van der Waals surface area (Å²) in [6.07, 6.45) is 1.72. The molecule has 0 aliphatic heterocycles. The van der Waals surface area contributed by atoms with Crippen molar-refractivity contribution in [3.05, 3.63) is 59.9 Å². The molecule has 4 aromatic rings. The standard InChI is InChI=1S/C17H14N4OS2/c1-22-13-8-6-12(7-9-13)21-11-18-20-17(21)23-10-16-19-14-4-2-3-5-15(14)24-16/h2-9,11H,10H2,1H3. The molecule has 5 nitrogen and oxygen atoms in total. The molecule has 0 fully saturated rings. The van der Waals surface area contributed by atoms with Gasteiger partial charge in [-0.25, -0.2) is 4.98 Å². The molecular weight excluding hydrogens is 340 g/mol. The highest BCUT2D eigenvalue weighted by Crippen LogP contribution is 2.28. The molecule has 0 N–H and O–H groups in total. The van der Waals surface area contributed by atoms with E-state index in [0.29, 0.717) is 0 Å². The zero-order valence-electron chi connectivity index (χ0n) is 12.9. The highest BCUT2D eigenvalue weighted by molar-refractivity contribution is 7.98. The Morgan fingerprint density at radius 3 is 2.75 bits per heavy atom. The molecule has 0 aliphatic rings. The van der Waals surface area contributed by atoms with Crippen molar-refractivity contribution in [2.24, 2.45) is 0 Å². The van der Waals surface area contributed by atoms with Gasteiger partial charge >= 0.3 is 0 Å². The summed E-state index contributed by atoms with van der Waals surface area (Å²) in [5.41, 5.74) is 2.06. The zero-order chi connectivity index (χ0) is 16.4. The Balaban J connectivity index is 1.53. The van der Waals surface area contributed by atoms with E-state index >= 15 is 0 Å². The summed E-state index contributed by atoms with van der Waals surface area (Å²) >= 11 is 3.35. The van der Waals surface area contributed by atoms with Crippen LogP contribution in [0.4, 0.5) is 0 Å². The van der Waals surface area contributed by atoms with Crippen LogP contribution in [0, 0.1) is 0 Å². The number of rotatable bonds is 5. The Kier molecular flexibility index (Phi) is 4.18. The van der Waals surface area contributed by atoms with Crippen molar-refractivity contribution in [3.63, 3.8) is 0 Å². The van der Waals surface area contributed by atoms with Crippen molar-refractivity contribution in [1.82, 2.24) is 19.7 Å². The highest BCUT2D eigenvalue weighted by Gasteiger charge is 2.10. The monoisotopic (exact) mass is 354 g/mol. The van der Waals surface area contributed by atoms with Gasteiger partial charge in [-0.05, 0) is 36.4 Å². The van der Waals surface area contributed by atoms with Crippen LogP contribution in [-0.2, 0) is 5.75 Å². The van der Waals surface area contributed by atoms with E-state index < -0.39 is 0 Å². The number of aromatic nitrogens is 4. The van der Waals surface area contributed by atoms with Gasteiger partial charge in [0.25, 0.3) is 0 Å². The second kappa shape index (κ2) is 6.62. The molecule has 0 unspecified atom stereocenters. The van der Waals surface area contributed by atoms with Crippen LogP contribution in [-0.4, -0.2) is 26.9 Å². The van der Waals surface area contributed by atoms with Gasteiger partial charge in [0.1, 0.15) is 17.1 Å². The van der Waals surface area contributed by atoms with Crippen molar-refractivity contribution in [2.75, 3.05) is 7.11 Å². The molecule has 24 heavy (non-hydrogen) atoms. The average Bonchev–Trinajstić information content (AvgIpc) is 3.26. The molecule has 0 amide bonds. The van der Waals surface area contributed by atoms with Gasteiger partial charge in [0.2, 0.25) is 0 Å². The second-order valence-electron chi connectivity index (χ2n) is 5.05. The van der Waals surface area contributed by atoms with Gasteiger partial charge in [0, 0.05) is 5.69 Å². The van der Waals surface area contributed by atoms with Crippen molar-refractivity contribution in [2.45, 2.75) is 10.9 Å². The molecule has 0 saturated carbocycles. The normalized spacial score (nSPS) is 11.0. The number of para-hydroxylation sites is 1. The summed E-state index contributed by atoms with van der Waals surface area (Å²) in [6, 6.07) is 16.0. The van der Waals surface area contributed by atoms with Gasteiger partial charge < -0.3 is 4.74 Å². The number of hydrogen-bond acceptors (Lipinski definition) is 6. The molecule has 2 aromatic carbocycles. The summed E-state index contributed by atoms with van der Waals surface area (Å²) in [5, 5.41) is 10.2. The highest BCUT2D eigenvalue weighted by atomic mass is 32.2. The summed E-state index contributed by atoms with van der Waals surface area (Å²) < 4.78 is 8.38. The lowest BCUT2D eigenvalue weighted by Crippen LogP contribution is -1.95. The molecule has 2 aromatic heterocycles. The van der Waals surface area contributed by atoms with Crippen LogP contribution in [0.5, 0.6) is 5.75 Å². The van der Waals surface area contributed by atoms with Crippen LogP contribution in [0.15, 0.2) is 60.0 Å². The number of benzene rings is 2. The molecule has 0 aliphatic carbocycles. The number of fused-ring (bicyclic) bond motifs is 1. The van der Waals surface area contributed by atoms with E-state index in [1.54, 1.807) is 36.5 Å². The number of nitrogens with zero attached hydrogens (tertiary/aromatic N) is 4.